The van der Waals surface area contributed by atoms with Crippen molar-refractivity contribution < 1.29 is 19.4 Å². The molecule has 0 aliphatic carbocycles. The Labute approximate surface area is 138 Å². The molecule has 0 atom stereocenters. The molecule has 1 aliphatic rings. The first kappa shape index (κ1) is 17.4. The Bertz CT molecular complexity index is 642. The number of ether oxygens (including phenoxy) is 2. The van der Waals surface area contributed by atoms with Gasteiger partial charge in [0.25, 0.3) is 0 Å². The van der Waals surface area contributed by atoms with Gasteiger partial charge in [0.05, 0.1) is 7.11 Å². The van der Waals surface area contributed by atoms with E-state index in [1.807, 2.05) is 6.92 Å². The van der Waals surface area contributed by atoms with E-state index < -0.39 is 5.97 Å². The molecular formula is C19H26O4. The Morgan fingerprint density at radius 2 is 2.13 bits per heavy atom. The Hall–Kier alpha value is -1.97. The summed E-state index contributed by atoms with van der Waals surface area (Å²) in [5.74, 6) is 0.855. The average molecular weight is 318 g/mol. The van der Waals surface area contributed by atoms with Crippen molar-refractivity contribution in [1.29, 1.82) is 0 Å². The molecule has 0 fully saturated rings. The van der Waals surface area contributed by atoms with Crippen molar-refractivity contribution in [2.75, 3.05) is 7.11 Å². The highest BCUT2D eigenvalue weighted by Crippen LogP contribution is 2.42. The Morgan fingerprint density at radius 3 is 2.74 bits per heavy atom. The van der Waals surface area contributed by atoms with Gasteiger partial charge in [-0.3, -0.25) is 0 Å². The van der Waals surface area contributed by atoms with Gasteiger partial charge in [-0.15, -0.1) is 0 Å². The molecule has 1 aliphatic heterocycles. The molecule has 0 saturated heterocycles. The second-order valence-corrected chi connectivity index (χ2v) is 6.60. The van der Waals surface area contributed by atoms with Crippen LogP contribution in [-0.4, -0.2) is 18.2 Å². The van der Waals surface area contributed by atoms with Crippen LogP contribution in [0.4, 0.5) is 0 Å². The maximum Gasteiger partial charge on any atom is 0.342 e. The van der Waals surface area contributed by atoms with Crippen LogP contribution in [0.2, 0.25) is 0 Å². The lowest BCUT2D eigenvalue weighted by molar-refractivity contribution is 0.0533. The zero-order chi connectivity index (χ0) is 17.1. The summed E-state index contributed by atoms with van der Waals surface area (Å²) in [4.78, 5) is 11.9. The molecule has 1 aromatic carbocycles. The minimum atomic E-state index is -0.454. The molecule has 0 unspecified atom stereocenters. The SMILES string of the molecule is COc1c(C)c2c(c(O)c1C/C=C(\C)CCC(C)C)C(=O)OC2. The summed E-state index contributed by atoms with van der Waals surface area (Å²) in [5, 5.41) is 10.5. The summed E-state index contributed by atoms with van der Waals surface area (Å²) < 4.78 is 10.6. The van der Waals surface area contributed by atoms with Gasteiger partial charge >= 0.3 is 5.97 Å². The summed E-state index contributed by atoms with van der Waals surface area (Å²) in [6, 6.07) is 0. The monoisotopic (exact) mass is 318 g/mol. The number of aromatic hydroxyl groups is 1. The predicted octanol–water partition coefficient (Wildman–Crippen LogP) is 4.30. The highest BCUT2D eigenvalue weighted by atomic mass is 16.5. The lowest BCUT2D eigenvalue weighted by Gasteiger charge is -2.15. The van der Waals surface area contributed by atoms with E-state index in [1.54, 1.807) is 7.11 Å². The van der Waals surface area contributed by atoms with Crippen LogP contribution in [0.1, 0.15) is 60.7 Å². The lowest BCUT2D eigenvalue weighted by atomic mass is 9.94. The Balaban J connectivity index is 2.35. The van der Waals surface area contributed by atoms with E-state index in [2.05, 4.69) is 26.8 Å². The zero-order valence-corrected chi connectivity index (χ0v) is 14.7. The van der Waals surface area contributed by atoms with E-state index in [9.17, 15) is 9.90 Å². The van der Waals surface area contributed by atoms with E-state index in [1.165, 1.54) is 5.57 Å². The van der Waals surface area contributed by atoms with Crippen molar-refractivity contribution in [3.63, 3.8) is 0 Å². The van der Waals surface area contributed by atoms with Crippen LogP contribution in [0.25, 0.3) is 0 Å². The first-order chi connectivity index (χ1) is 10.9. The molecule has 1 heterocycles. The fourth-order valence-corrected chi connectivity index (χ4v) is 2.92. The van der Waals surface area contributed by atoms with Crippen LogP contribution in [-0.2, 0) is 17.8 Å². The molecule has 0 radical (unpaired) electrons. The van der Waals surface area contributed by atoms with Gasteiger partial charge in [0.1, 0.15) is 23.7 Å². The number of cyclic esters (lactones) is 1. The maximum atomic E-state index is 11.9. The molecule has 0 saturated carbocycles. The smallest absolute Gasteiger partial charge is 0.342 e. The van der Waals surface area contributed by atoms with Gasteiger partial charge in [0.15, 0.2) is 0 Å². The second-order valence-electron chi connectivity index (χ2n) is 6.60. The number of carbonyl (C=O) groups is 1. The molecule has 4 nitrogen and oxygen atoms in total. The van der Waals surface area contributed by atoms with Crippen molar-refractivity contribution in [2.45, 2.75) is 53.6 Å². The van der Waals surface area contributed by atoms with Crippen molar-refractivity contribution in [3.05, 3.63) is 33.9 Å². The van der Waals surface area contributed by atoms with E-state index in [0.717, 1.165) is 24.0 Å². The molecule has 0 aromatic heterocycles. The number of phenolic OH excluding ortho intramolecular Hbond substituents is 1. The average Bonchev–Trinajstić information content (AvgIpc) is 2.89. The third kappa shape index (κ3) is 3.52. The number of methoxy groups -OCH3 is 1. The van der Waals surface area contributed by atoms with Crippen LogP contribution >= 0.6 is 0 Å². The van der Waals surface area contributed by atoms with Gasteiger partial charge in [-0.2, -0.15) is 0 Å². The zero-order valence-electron chi connectivity index (χ0n) is 14.7. The molecule has 0 spiro atoms. The highest BCUT2D eigenvalue weighted by Gasteiger charge is 2.31. The number of benzene rings is 1. The largest absolute Gasteiger partial charge is 0.507 e. The molecule has 0 bridgehead atoms. The van der Waals surface area contributed by atoms with Crippen LogP contribution in [0.5, 0.6) is 11.5 Å². The third-order valence-electron chi connectivity index (χ3n) is 4.42. The third-order valence-corrected chi connectivity index (χ3v) is 4.42. The summed E-state index contributed by atoms with van der Waals surface area (Å²) in [5.41, 5.74) is 3.84. The summed E-state index contributed by atoms with van der Waals surface area (Å²) in [6.07, 6.45) is 4.82. The van der Waals surface area contributed by atoms with Crippen LogP contribution < -0.4 is 4.74 Å². The first-order valence-electron chi connectivity index (χ1n) is 8.10. The number of allylic oxidation sites excluding steroid dienone is 2. The first-order valence-corrected chi connectivity index (χ1v) is 8.10. The van der Waals surface area contributed by atoms with Gasteiger partial charge in [0.2, 0.25) is 0 Å². The van der Waals surface area contributed by atoms with Gasteiger partial charge in [-0.25, -0.2) is 4.79 Å². The number of fused-ring (bicyclic) bond motifs is 1. The Morgan fingerprint density at radius 1 is 1.43 bits per heavy atom. The molecule has 2 rings (SSSR count). The molecule has 1 N–H and O–H groups in total. The van der Waals surface area contributed by atoms with E-state index >= 15 is 0 Å². The minimum absolute atomic E-state index is 0.00198. The molecule has 23 heavy (non-hydrogen) atoms. The van der Waals surface area contributed by atoms with E-state index in [-0.39, 0.29) is 12.4 Å². The lowest BCUT2D eigenvalue weighted by Crippen LogP contribution is -2.03. The van der Waals surface area contributed by atoms with Gasteiger partial charge in [-0.1, -0.05) is 25.5 Å². The second kappa shape index (κ2) is 7.07. The molecule has 126 valence electrons. The van der Waals surface area contributed by atoms with Gasteiger partial charge < -0.3 is 14.6 Å². The number of rotatable bonds is 6. The van der Waals surface area contributed by atoms with Crippen LogP contribution in [0, 0.1) is 12.8 Å². The predicted molar refractivity (Wildman–Crippen MR) is 90.0 cm³/mol. The quantitative estimate of drug-likeness (QED) is 0.627. The molecular weight excluding hydrogens is 292 g/mol. The van der Waals surface area contributed by atoms with Crippen molar-refractivity contribution in [1.82, 2.24) is 0 Å². The molecule has 0 amide bonds. The number of hydrogen-bond donors (Lipinski definition) is 1. The number of phenols is 1. The fourth-order valence-electron chi connectivity index (χ4n) is 2.92. The van der Waals surface area contributed by atoms with Crippen molar-refractivity contribution >= 4 is 5.97 Å². The van der Waals surface area contributed by atoms with E-state index in [0.29, 0.717) is 29.2 Å². The standard InChI is InChI=1S/C19H26O4/c1-11(2)6-7-12(3)8-9-14-17(20)16-15(10-23-19(16)21)13(4)18(14)22-5/h8,11,20H,6-7,9-10H2,1-5H3/b12-8+. The fraction of sp³-hybridized carbons (Fsp3) is 0.526. The van der Waals surface area contributed by atoms with Gasteiger partial charge in [0, 0.05) is 11.1 Å². The van der Waals surface area contributed by atoms with Gasteiger partial charge in [-0.05, 0) is 44.6 Å². The summed E-state index contributed by atoms with van der Waals surface area (Å²) in [7, 11) is 1.59. The van der Waals surface area contributed by atoms with Crippen molar-refractivity contribution in [3.8, 4) is 11.5 Å². The topological polar surface area (TPSA) is 55.8 Å². The molecule has 4 heteroatoms. The highest BCUT2D eigenvalue weighted by molar-refractivity contribution is 5.98. The normalized spacial score (nSPS) is 14.2. The molecule has 1 aromatic rings. The number of esters is 1. The number of hydrogen-bond acceptors (Lipinski definition) is 4. The Kier molecular flexibility index (Phi) is 5.34. The van der Waals surface area contributed by atoms with Crippen LogP contribution in [0.3, 0.4) is 0 Å². The minimum Gasteiger partial charge on any atom is -0.507 e. The maximum absolute atomic E-state index is 11.9. The summed E-state index contributed by atoms with van der Waals surface area (Å²) >= 11 is 0. The van der Waals surface area contributed by atoms with Crippen LogP contribution in [0.15, 0.2) is 11.6 Å². The van der Waals surface area contributed by atoms with Crippen molar-refractivity contribution in [2.24, 2.45) is 5.92 Å². The summed E-state index contributed by atoms with van der Waals surface area (Å²) in [6.45, 7) is 8.61. The number of carbonyl (C=O) groups excluding carboxylic acids is 1. The van der Waals surface area contributed by atoms with E-state index in [4.69, 9.17) is 9.47 Å².